The highest BCUT2D eigenvalue weighted by Gasteiger charge is 2.36. The second-order valence-electron chi connectivity index (χ2n) is 6.92. The maximum absolute atomic E-state index is 13.0. The molecule has 0 radical (unpaired) electrons. The molecule has 2 aromatic carbocycles. The van der Waals surface area contributed by atoms with E-state index in [-0.39, 0.29) is 11.8 Å². The standard InChI is InChI=1S/C21H21NO4/c23-20(12-15-9-10-26-19-8-4-3-7-17(15)19)22-13-16-6-2-1-5-14(16)11-18(22)21(24)25/h1-8,15,18H,9-13H2,(H,24,25)/t15-,18+/m0/s1. The lowest BCUT2D eigenvalue weighted by molar-refractivity contribution is -0.151. The SMILES string of the molecule is O=C(O)[C@H]1Cc2ccccc2CN1C(=O)C[C@@H]1CCOc2ccccc21. The van der Waals surface area contributed by atoms with Crippen molar-refractivity contribution in [1.82, 2.24) is 4.90 Å². The van der Waals surface area contributed by atoms with E-state index in [0.717, 1.165) is 28.9 Å². The Hall–Kier alpha value is -2.82. The van der Waals surface area contributed by atoms with Crippen LogP contribution in [0.15, 0.2) is 48.5 Å². The van der Waals surface area contributed by atoms with Gasteiger partial charge in [0.05, 0.1) is 6.61 Å². The molecule has 0 bridgehead atoms. The minimum Gasteiger partial charge on any atom is -0.493 e. The first-order chi connectivity index (χ1) is 12.6. The first-order valence-corrected chi connectivity index (χ1v) is 8.94. The number of nitrogens with zero attached hydrogens (tertiary/aromatic N) is 1. The third kappa shape index (κ3) is 3.05. The van der Waals surface area contributed by atoms with Crippen molar-refractivity contribution in [3.05, 3.63) is 65.2 Å². The fourth-order valence-electron chi connectivity index (χ4n) is 3.96. The van der Waals surface area contributed by atoms with E-state index in [4.69, 9.17) is 4.74 Å². The number of carbonyl (C=O) groups is 2. The summed E-state index contributed by atoms with van der Waals surface area (Å²) < 4.78 is 5.67. The smallest absolute Gasteiger partial charge is 0.326 e. The van der Waals surface area contributed by atoms with Crippen LogP contribution in [0.4, 0.5) is 0 Å². The molecule has 2 heterocycles. The van der Waals surface area contributed by atoms with Crippen molar-refractivity contribution in [3.63, 3.8) is 0 Å². The second kappa shape index (κ2) is 6.83. The van der Waals surface area contributed by atoms with Crippen molar-refractivity contribution in [1.29, 1.82) is 0 Å². The molecule has 1 amide bonds. The van der Waals surface area contributed by atoms with Gasteiger partial charge in [-0.05, 0) is 35.1 Å². The van der Waals surface area contributed by atoms with Gasteiger partial charge >= 0.3 is 5.97 Å². The summed E-state index contributed by atoms with van der Waals surface area (Å²) in [4.78, 5) is 26.3. The van der Waals surface area contributed by atoms with Crippen molar-refractivity contribution in [2.45, 2.75) is 37.8 Å². The van der Waals surface area contributed by atoms with Gasteiger partial charge in [0, 0.05) is 19.4 Å². The summed E-state index contributed by atoms with van der Waals surface area (Å²) in [5, 5.41) is 9.63. The highest BCUT2D eigenvalue weighted by atomic mass is 16.5. The monoisotopic (exact) mass is 351 g/mol. The van der Waals surface area contributed by atoms with Gasteiger partial charge in [0.1, 0.15) is 11.8 Å². The molecule has 0 aromatic heterocycles. The first-order valence-electron chi connectivity index (χ1n) is 8.94. The summed E-state index contributed by atoms with van der Waals surface area (Å²) in [7, 11) is 0. The first kappa shape index (κ1) is 16.6. The van der Waals surface area contributed by atoms with Crippen molar-refractivity contribution in [2.24, 2.45) is 0 Å². The Kier molecular flexibility index (Phi) is 4.37. The van der Waals surface area contributed by atoms with E-state index in [9.17, 15) is 14.7 Å². The van der Waals surface area contributed by atoms with Crippen LogP contribution in [-0.2, 0) is 22.6 Å². The quantitative estimate of drug-likeness (QED) is 0.923. The molecule has 134 valence electrons. The summed E-state index contributed by atoms with van der Waals surface area (Å²) in [5.41, 5.74) is 3.09. The molecule has 1 N–H and O–H groups in total. The van der Waals surface area contributed by atoms with Crippen molar-refractivity contribution >= 4 is 11.9 Å². The van der Waals surface area contributed by atoms with Gasteiger partial charge in [0.25, 0.3) is 0 Å². The average molecular weight is 351 g/mol. The largest absolute Gasteiger partial charge is 0.493 e. The Morgan fingerprint density at radius 1 is 1.08 bits per heavy atom. The Morgan fingerprint density at radius 3 is 2.62 bits per heavy atom. The van der Waals surface area contributed by atoms with Gasteiger partial charge in [-0.1, -0.05) is 42.5 Å². The van der Waals surface area contributed by atoms with Crippen molar-refractivity contribution in [2.75, 3.05) is 6.61 Å². The molecular weight excluding hydrogens is 330 g/mol. The van der Waals surface area contributed by atoms with Gasteiger partial charge in [-0.2, -0.15) is 0 Å². The predicted molar refractivity (Wildman–Crippen MR) is 96.0 cm³/mol. The van der Waals surface area contributed by atoms with Gasteiger partial charge in [0.15, 0.2) is 0 Å². The van der Waals surface area contributed by atoms with E-state index in [2.05, 4.69) is 0 Å². The van der Waals surface area contributed by atoms with Crippen LogP contribution in [0.2, 0.25) is 0 Å². The summed E-state index contributed by atoms with van der Waals surface area (Å²) in [5.74, 6) is -0.150. The molecule has 0 saturated heterocycles. The van der Waals surface area contributed by atoms with Crippen LogP contribution in [0.3, 0.4) is 0 Å². The number of fused-ring (bicyclic) bond motifs is 2. The molecule has 5 heteroatoms. The third-order valence-electron chi connectivity index (χ3n) is 5.36. The van der Waals surface area contributed by atoms with Crippen molar-refractivity contribution in [3.8, 4) is 5.75 Å². The van der Waals surface area contributed by atoms with Gasteiger partial charge in [-0.25, -0.2) is 4.79 Å². The number of hydrogen-bond acceptors (Lipinski definition) is 3. The number of carboxylic acids is 1. The van der Waals surface area contributed by atoms with Crippen LogP contribution in [0.1, 0.15) is 35.4 Å². The van der Waals surface area contributed by atoms with Crippen LogP contribution in [-0.4, -0.2) is 34.5 Å². The molecule has 2 aliphatic heterocycles. The molecule has 2 aromatic rings. The summed E-state index contributed by atoms with van der Waals surface area (Å²) >= 11 is 0. The Balaban J connectivity index is 1.57. The second-order valence-corrected chi connectivity index (χ2v) is 6.92. The Morgan fingerprint density at radius 2 is 1.81 bits per heavy atom. The predicted octanol–water partition coefficient (Wildman–Crippen LogP) is 2.98. The maximum Gasteiger partial charge on any atom is 0.326 e. The van der Waals surface area contributed by atoms with Gasteiger partial charge in [-0.3, -0.25) is 4.79 Å². The summed E-state index contributed by atoms with van der Waals surface area (Å²) in [6.45, 7) is 0.941. The van der Waals surface area contributed by atoms with Crippen LogP contribution in [0.5, 0.6) is 5.75 Å². The molecule has 2 aliphatic rings. The third-order valence-corrected chi connectivity index (χ3v) is 5.36. The van der Waals surface area contributed by atoms with E-state index in [0.29, 0.717) is 26.0 Å². The van der Waals surface area contributed by atoms with Crippen molar-refractivity contribution < 1.29 is 19.4 Å². The van der Waals surface area contributed by atoms with Gasteiger partial charge < -0.3 is 14.7 Å². The Labute approximate surface area is 152 Å². The van der Waals surface area contributed by atoms with E-state index < -0.39 is 12.0 Å². The number of carbonyl (C=O) groups excluding carboxylic acids is 1. The summed E-state index contributed by atoms with van der Waals surface area (Å²) in [6.07, 6.45) is 1.44. The van der Waals surface area contributed by atoms with Crippen LogP contribution in [0.25, 0.3) is 0 Å². The fourth-order valence-corrected chi connectivity index (χ4v) is 3.96. The summed E-state index contributed by atoms with van der Waals surface area (Å²) in [6, 6.07) is 14.7. The molecule has 0 unspecified atom stereocenters. The lowest BCUT2D eigenvalue weighted by Gasteiger charge is -2.36. The topological polar surface area (TPSA) is 66.8 Å². The normalized spacial score (nSPS) is 21.3. The minimum atomic E-state index is -0.944. The highest BCUT2D eigenvalue weighted by molar-refractivity contribution is 5.85. The van der Waals surface area contributed by atoms with Gasteiger partial charge in [-0.15, -0.1) is 0 Å². The molecule has 26 heavy (non-hydrogen) atoms. The zero-order valence-electron chi connectivity index (χ0n) is 14.4. The minimum absolute atomic E-state index is 0.0686. The van der Waals surface area contributed by atoms with E-state index in [1.807, 2.05) is 48.5 Å². The zero-order valence-corrected chi connectivity index (χ0v) is 14.4. The van der Waals surface area contributed by atoms with Crippen LogP contribution < -0.4 is 4.74 Å². The molecule has 5 nitrogen and oxygen atoms in total. The molecule has 0 saturated carbocycles. The molecule has 4 rings (SSSR count). The molecule has 0 spiro atoms. The maximum atomic E-state index is 13.0. The number of amides is 1. The number of benzene rings is 2. The zero-order chi connectivity index (χ0) is 18.1. The molecule has 0 aliphatic carbocycles. The number of para-hydroxylation sites is 1. The Bertz CT molecular complexity index is 847. The molecular formula is C21H21NO4. The van der Waals surface area contributed by atoms with E-state index in [1.54, 1.807) is 0 Å². The van der Waals surface area contributed by atoms with E-state index in [1.165, 1.54) is 4.90 Å². The number of rotatable bonds is 3. The molecule has 0 fully saturated rings. The number of hydrogen-bond donors (Lipinski definition) is 1. The van der Waals surface area contributed by atoms with Gasteiger partial charge in [0.2, 0.25) is 5.91 Å². The fraction of sp³-hybridized carbons (Fsp3) is 0.333. The van der Waals surface area contributed by atoms with E-state index >= 15 is 0 Å². The lowest BCUT2D eigenvalue weighted by atomic mass is 9.88. The average Bonchev–Trinajstić information content (AvgIpc) is 2.67. The van der Waals surface area contributed by atoms with Crippen LogP contribution in [0, 0.1) is 0 Å². The number of aliphatic carboxylic acids is 1. The van der Waals surface area contributed by atoms with Crippen LogP contribution >= 0.6 is 0 Å². The highest BCUT2D eigenvalue weighted by Crippen LogP contribution is 2.36. The molecule has 2 atom stereocenters. The number of carboxylic acid groups (broad SMARTS) is 1. The lowest BCUT2D eigenvalue weighted by Crippen LogP contribution is -2.49. The number of ether oxygens (including phenoxy) is 1.